The largest absolute Gasteiger partial charge is 0.324 e. The molecular weight excluding hydrogens is 172 g/mol. The van der Waals surface area contributed by atoms with Crippen LogP contribution in [0.1, 0.15) is 24.1 Å². The summed E-state index contributed by atoms with van der Waals surface area (Å²) in [5.41, 5.74) is 9.29. The molecule has 0 aliphatic rings. The second-order valence-electron chi connectivity index (χ2n) is 3.72. The first-order chi connectivity index (χ1) is 6.68. The third kappa shape index (κ3) is 1.49. The van der Waals surface area contributed by atoms with Crippen molar-refractivity contribution in [2.45, 2.75) is 19.9 Å². The summed E-state index contributed by atoms with van der Waals surface area (Å²) in [5, 5.41) is 1.17. The van der Waals surface area contributed by atoms with Gasteiger partial charge in [0, 0.05) is 17.6 Å². The van der Waals surface area contributed by atoms with Crippen LogP contribution in [0.5, 0.6) is 0 Å². The monoisotopic (exact) mass is 186 g/mol. The smallest absolute Gasteiger partial charge is 0.0749 e. The van der Waals surface area contributed by atoms with E-state index in [1.54, 1.807) is 0 Å². The summed E-state index contributed by atoms with van der Waals surface area (Å²) in [7, 11) is 0. The van der Waals surface area contributed by atoms with Gasteiger partial charge < -0.3 is 5.73 Å². The average molecular weight is 186 g/mol. The van der Waals surface area contributed by atoms with Crippen molar-refractivity contribution < 1.29 is 0 Å². The minimum absolute atomic E-state index is 0.0345. The van der Waals surface area contributed by atoms with Crippen molar-refractivity contribution >= 4 is 10.9 Å². The van der Waals surface area contributed by atoms with Gasteiger partial charge in [-0.1, -0.05) is 17.7 Å². The Bertz CT molecular complexity index is 461. The molecule has 2 rings (SSSR count). The van der Waals surface area contributed by atoms with Gasteiger partial charge in [0.25, 0.3) is 0 Å². The topological polar surface area (TPSA) is 38.9 Å². The van der Waals surface area contributed by atoms with Crippen LogP contribution in [0.2, 0.25) is 0 Å². The van der Waals surface area contributed by atoms with E-state index in [1.165, 1.54) is 10.9 Å². The molecule has 0 aliphatic carbocycles. The lowest BCUT2D eigenvalue weighted by Crippen LogP contribution is -2.06. The highest BCUT2D eigenvalue weighted by molar-refractivity contribution is 5.82. The summed E-state index contributed by atoms with van der Waals surface area (Å²) in [4.78, 5) is 4.36. The van der Waals surface area contributed by atoms with Crippen LogP contribution < -0.4 is 5.73 Å². The summed E-state index contributed by atoms with van der Waals surface area (Å²) in [6.07, 6.45) is 1.81. The molecule has 2 heteroatoms. The molecule has 1 unspecified atom stereocenters. The molecule has 0 spiro atoms. The number of nitrogens with two attached hydrogens (primary N) is 1. The lowest BCUT2D eigenvalue weighted by Gasteiger charge is -2.10. The molecule has 1 aromatic heterocycles. The van der Waals surface area contributed by atoms with Gasteiger partial charge in [0.1, 0.15) is 0 Å². The first kappa shape index (κ1) is 9.16. The fourth-order valence-corrected chi connectivity index (χ4v) is 1.72. The second-order valence-corrected chi connectivity index (χ2v) is 3.72. The fraction of sp³-hybridized carbons (Fsp3) is 0.250. The van der Waals surface area contributed by atoms with Gasteiger partial charge in [-0.05, 0) is 31.5 Å². The van der Waals surface area contributed by atoms with Crippen molar-refractivity contribution in [3.8, 4) is 0 Å². The van der Waals surface area contributed by atoms with Crippen LogP contribution in [0.3, 0.4) is 0 Å². The summed E-state index contributed by atoms with van der Waals surface area (Å²) in [6.45, 7) is 4.07. The number of benzene rings is 1. The minimum Gasteiger partial charge on any atom is -0.324 e. The van der Waals surface area contributed by atoms with Gasteiger partial charge in [0.2, 0.25) is 0 Å². The predicted molar refractivity (Wildman–Crippen MR) is 59.1 cm³/mol. The summed E-state index contributed by atoms with van der Waals surface area (Å²) in [6, 6.07) is 8.30. The SMILES string of the molecule is Cc1cc(C(C)N)c2ncccc2c1. The Morgan fingerprint density at radius 2 is 2.14 bits per heavy atom. The third-order valence-corrected chi connectivity index (χ3v) is 2.37. The quantitative estimate of drug-likeness (QED) is 0.743. The van der Waals surface area contributed by atoms with Crippen LogP contribution in [-0.2, 0) is 0 Å². The van der Waals surface area contributed by atoms with Crippen molar-refractivity contribution in [3.05, 3.63) is 41.6 Å². The van der Waals surface area contributed by atoms with Gasteiger partial charge in [-0.25, -0.2) is 0 Å². The fourth-order valence-electron chi connectivity index (χ4n) is 1.72. The zero-order valence-corrected chi connectivity index (χ0v) is 8.49. The van der Waals surface area contributed by atoms with E-state index in [4.69, 9.17) is 5.73 Å². The lowest BCUT2D eigenvalue weighted by molar-refractivity contribution is 0.822. The highest BCUT2D eigenvalue weighted by Crippen LogP contribution is 2.22. The van der Waals surface area contributed by atoms with Gasteiger partial charge in [-0.2, -0.15) is 0 Å². The van der Waals surface area contributed by atoms with E-state index in [-0.39, 0.29) is 6.04 Å². The first-order valence-electron chi connectivity index (χ1n) is 4.79. The van der Waals surface area contributed by atoms with E-state index < -0.39 is 0 Å². The van der Waals surface area contributed by atoms with Gasteiger partial charge in [-0.15, -0.1) is 0 Å². The molecule has 0 fully saturated rings. The van der Waals surface area contributed by atoms with Crippen LogP contribution in [0.4, 0.5) is 0 Å². The Hall–Kier alpha value is -1.41. The second kappa shape index (κ2) is 3.39. The Labute approximate surface area is 83.8 Å². The minimum atomic E-state index is 0.0345. The summed E-state index contributed by atoms with van der Waals surface area (Å²) >= 11 is 0. The van der Waals surface area contributed by atoms with E-state index in [9.17, 15) is 0 Å². The molecule has 0 saturated carbocycles. The number of hydrogen-bond acceptors (Lipinski definition) is 2. The zero-order valence-electron chi connectivity index (χ0n) is 8.49. The van der Waals surface area contributed by atoms with Gasteiger partial charge in [0.15, 0.2) is 0 Å². The van der Waals surface area contributed by atoms with Crippen LogP contribution in [-0.4, -0.2) is 4.98 Å². The van der Waals surface area contributed by atoms with Crippen molar-refractivity contribution in [2.24, 2.45) is 5.73 Å². The van der Waals surface area contributed by atoms with Crippen molar-refractivity contribution in [3.63, 3.8) is 0 Å². The standard InChI is InChI=1S/C12H14N2/c1-8-6-10-4-3-5-14-12(10)11(7-8)9(2)13/h3-7,9H,13H2,1-2H3. The van der Waals surface area contributed by atoms with E-state index in [0.717, 1.165) is 11.1 Å². The maximum absolute atomic E-state index is 5.91. The van der Waals surface area contributed by atoms with Crippen LogP contribution in [0.25, 0.3) is 10.9 Å². The number of aryl methyl sites for hydroxylation is 1. The van der Waals surface area contributed by atoms with Crippen LogP contribution in [0.15, 0.2) is 30.5 Å². The Balaban J connectivity index is 2.80. The molecule has 0 aliphatic heterocycles. The molecule has 0 radical (unpaired) electrons. The molecule has 0 bridgehead atoms. The maximum atomic E-state index is 5.91. The third-order valence-electron chi connectivity index (χ3n) is 2.37. The molecule has 1 aromatic carbocycles. The van der Waals surface area contributed by atoms with Crippen LogP contribution in [0, 0.1) is 6.92 Å². The molecule has 14 heavy (non-hydrogen) atoms. The summed E-state index contributed by atoms with van der Waals surface area (Å²) < 4.78 is 0. The predicted octanol–water partition coefficient (Wildman–Crippen LogP) is 2.56. The van der Waals surface area contributed by atoms with Crippen molar-refractivity contribution in [1.29, 1.82) is 0 Å². The number of nitrogens with zero attached hydrogens (tertiary/aromatic N) is 1. The Morgan fingerprint density at radius 1 is 1.36 bits per heavy atom. The normalized spacial score (nSPS) is 13.1. The number of aromatic nitrogens is 1. The lowest BCUT2D eigenvalue weighted by atomic mass is 10.0. The molecule has 0 saturated heterocycles. The van der Waals surface area contributed by atoms with E-state index in [0.29, 0.717) is 0 Å². The van der Waals surface area contributed by atoms with Gasteiger partial charge in [-0.3, -0.25) is 4.98 Å². The molecule has 2 nitrogen and oxygen atoms in total. The van der Waals surface area contributed by atoms with Crippen LogP contribution >= 0.6 is 0 Å². The number of pyridine rings is 1. The van der Waals surface area contributed by atoms with E-state index in [2.05, 4.69) is 30.1 Å². The zero-order chi connectivity index (χ0) is 10.1. The number of hydrogen-bond donors (Lipinski definition) is 1. The molecule has 1 heterocycles. The Kier molecular flexibility index (Phi) is 2.22. The van der Waals surface area contributed by atoms with E-state index >= 15 is 0 Å². The average Bonchev–Trinajstić information content (AvgIpc) is 2.16. The molecule has 2 aromatic rings. The molecule has 2 N–H and O–H groups in total. The van der Waals surface area contributed by atoms with Gasteiger partial charge >= 0.3 is 0 Å². The molecular formula is C12H14N2. The Morgan fingerprint density at radius 3 is 2.86 bits per heavy atom. The number of fused-ring (bicyclic) bond motifs is 1. The van der Waals surface area contributed by atoms with E-state index in [1.807, 2.05) is 19.2 Å². The highest BCUT2D eigenvalue weighted by Gasteiger charge is 2.06. The van der Waals surface area contributed by atoms with Gasteiger partial charge in [0.05, 0.1) is 5.52 Å². The molecule has 72 valence electrons. The summed E-state index contributed by atoms with van der Waals surface area (Å²) in [5.74, 6) is 0. The van der Waals surface area contributed by atoms with Crippen molar-refractivity contribution in [2.75, 3.05) is 0 Å². The highest BCUT2D eigenvalue weighted by atomic mass is 14.7. The maximum Gasteiger partial charge on any atom is 0.0749 e. The number of rotatable bonds is 1. The van der Waals surface area contributed by atoms with Crippen molar-refractivity contribution in [1.82, 2.24) is 4.98 Å². The first-order valence-corrected chi connectivity index (χ1v) is 4.79. The molecule has 1 atom stereocenters. The molecule has 0 amide bonds.